The van der Waals surface area contributed by atoms with Crippen molar-refractivity contribution in [2.45, 2.75) is 38.0 Å². The molecule has 1 saturated carbocycles. The average Bonchev–Trinajstić information content (AvgIpc) is 2.89. The Morgan fingerprint density at radius 3 is 2.78 bits per heavy atom. The van der Waals surface area contributed by atoms with E-state index in [1.54, 1.807) is 12.3 Å². The topological polar surface area (TPSA) is 72.0 Å². The largest absolute Gasteiger partial charge is 0.506 e. The van der Waals surface area contributed by atoms with Crippen LogP contribution in [0.4, 0.5) is 0 Å². The SMILES string of the molecule is Oc1cncc(-c2nc(C3CCCCC3)no2)c1. The molecule has 2 aromatic rings. The summed E-state index contributed by atoms with van der Waals surface area (Å²) in [6.45, 7) is 0. The first kappa shape index (κ1) is 11.2. The summed E-state index contributed by atoms with van der Waals surface area (Å²) in [4.78, 5) is 8.32. The summed E-state index contributed by atoms with van der Waals surface area (Å²) in [7, 11) is 0. The molecule has 5 nitrogen and oxygen atoms in total. The van der Waals surface area contributed by atoms with E-state index >= 15 is 0 Å². The zero-order valence-electron chi connectivity index (χ0n) is 10.0. The Morgan fingerprint density at radius 2 is 2.00 bits per heavy atom. The standard InChI is InChI=1S/C13H15N3O2/c17-11-6-10(7-14-8-11)13-15-12(16-18-13)9-4-2-1-3-5-9/h6-9,17H,1-5H2. The number of hydrogen-bond acceptors (Lipinski definition) is 5. The molecule has 0 aromatic carbocycles. The Kier molecular flexibility index (Phi) is 2.96. The predicted octanol–water partition coefficient (Wildman–Crippen LogP) is 2.88. The third-order valence-corrected chi connectivity index (χ3v) is 3.38. The minimum Gasteiger partial charge on any atom is -0.506 e. The van der Waals surface area contributed by atoms with Gasteiger partial charge in [-0.1, -0.05) is 24.4 Å². The number of hydrogen-bond donors (Lipinski definition) is 1. The van der Waals surface area contributed by atoms with Crippen molar-refractivity contribution in [1.82, 2.24) is 15.1 Å². The summed E-state index contributed by atoms with van der Waals surface area (Å²) >= 11 is 0. The van der Waals surface area contributed by atoms with Crippen LogP contribution < -0.4 is 0 Å². The van der Waals surface area contributed by atoms with Crippen molar-refractivity contribution in [2.75, 3.05) is 0 Å². The quantitative estimate of drug-likeness (QED) is 0.880. The van der Waals surface area contributed by atoms with E-state index in [4.69, 9.17) is 4.52 Å². The van der Waals surface area contributed by atoms with Crippen LogP contribution in [0.15, 0.2) is 23.0 Å². The molecule has 0 aliphatic heterocycles. The first-order chi connectivity index (χ1) is 8.83. The van der Waals surface area contributed by atoms with Crippen LogP contribution >= 0.6 is 0 Å². The zero-order valence-corrected chi connectivity index (χ0v) is 10.0. The number of nitrogens with zero attached hydrogens (tertiary/aromatic N) is 3. The minimum atomic E-state index is 0.102. The first-order valence-corrected chi connectivity index (χ1v) is 6.31. The molecule has 2 aromatic heterocycles. The highest BCUT2D eigenvalue weighted by molar-refractivity contribution is 5.53. The fraction of sp³-hybridized carbons (Fsp3) is 0.462. The molecule has 0 amide bonds. The molecular weight excluding hydrogens is 230 g/mol. The van der Waals surface area contributed by atoms with Crippen LogP contribution in [0, 0.1) is 0 Å². The molecule has 0 radical (unpaired) electrons. The molecule has 1 N–H and O–H groups in total. The van der Waals surface area contributed by atoms with Gasteiger partial charge in [0.1, 0.15) is 5.75 Å². The lowest BCUT2D eigenvalue weighted by Gasteiger charge is -2.17. The minimum absolute atomic E-state index is 0.102. The number of aromatic hydroxyl groups is 1. The molecule has 1 aliphatic carbocycles. The molecule has 5 heteroatoms. The molecule has 0 atom stereocenters. The number of pyridine rings is 1. The monoisotopic (exact) mass is 245 g/mol. The highest BCUT2D eigenvalue weighted by Gasteiger charge is 2.21. The van der Waals surface area contributed by atoms with E-state index in [0.29, 0.717) is 17.4 Å². The molecule has 1 fully saturated rings. The molecular formula is C13H15N3O2. The van der Waals surface area contributed by atoms with Crippen molar-refractivity contribution in [1.29, 1.82) is 0 Å². The van der Waals surface area contributed by atoms with Gasteiger partial charge in [0.25, 0.3) is 5.89 Å². The van der Waals surface area contributed by atoms with Crippen molar-refractivity contribution in [3.05, 3.63) is 24.3 Å². The van der Waals surface area contributed by atoms with Gasteiger partial charge in [0.15, 0.2) is 5.82 Å². The zero-order chi connectivity index (χ0) is 12.4. The molecule has 94 valence electrons. The first-order valence-electron chi connectivity index (χ1n) is 6.31. The Labute approximate surface area is 105 Å². The second kappa shape index (κ2) is 4.76. The molecule has 18 heavy (non-hydrogen) atoms. The van der Waals surface area contributed by atoms with Gasteiger partial charge in [0, 0.05) is 12.1 Å². The molecule has 1 aliphatic rings. The van der Waals surface area contributed by atoms with Crippen LogP contribution in [0.3, 0.4) is 0 Å². The molecule has 0 bridgehead atoms. The highest BCUT2D eigenvalue weighted by Crippen LogP contribution is 2.32. The number of rotatable bonds is 2. The average molecular weight is 245 g/mol. The van der Waals surface area contributed by atoms with Crippen LogP contribution in [0.2, 0.25) is 0 Å². The van der Waals surface area contributed by atoms with Gasteiger partial charge in [-0.3, -0.25) is 4.98 Å². The smallest absolute Gasteiger partial charge is 0.259 e. The molecule has 2 heterocycles. The predicted molar refractivity (Wildman–Crippen MR) is 65.0 cm³/mol. The maximum absolute atomic E-state index is 9.38. The van der Waals surface area contributed by atoms with E-state index in [0.717, 1.165) is 18.7 Å². The Bertz CT molecular complexity index is 533. The van der Waals surface area contributed by atoms with Crippen LogP contribution in [0.25, 0.3) is 11.5 Å². The summed E-state index contributed by atoms with van der Waals surface area (Å²) in [5.74, 6) is 1.73. The van der Waals surface area contributed by atoms with Crippen molar-refractivity contribution in [3.8, 4) is 17.2 Å². The summed E-state index contributed by atoms with van der Waals surface area (Å²) < 4.78 is 5.25. The lowest BCUT2D eigenvalue weighted by molar-refractivity contribution is 0.385. The van der Waals surface area contributed by atoms with Gasteiger partial charge in [-0.15, -0.1) is 0 Å². The second-order valence-corrected chi connectivity index (χ2v) is 4.72. The Morgan fingerprint density at radius 1 is 1.17 bits per heavy atom. The maximum Gasteiger partial charge on any atom is 0.259 e. The molecule has 0 saturated heterocycles. The fourth-order valence-electron chi connectivity index (χ4n) is 2.42. The van der Waals surface area contributed by atoms with Gasteiger partial charge in [-0.25, -0.2) is 0 Å². The van der Waals surface area contributed by atoms with Gasteiger partial charge < -0.3 is 9.63 Å². The fourth-order valence-corrected chi connectivity index (χ4v) is 2.42. The highest BCUT2D eigenvalue weighted by atomic mass is 16.5. The van der Waals surface area contributed by atoms with Crippen molar-refractivity contribution >= 4 is 0 Å². The van der Waals surface area contributed by atoms with Gasteiger partial charge in [-0.2, -0.15) is 4.98 Å². The molecule has 0 unspecified atom stereocenters. The lowest BCUT2D eigenvalue weighted by atomic mass is 9.89. The van der Waals surface area contributed by atoms with Crippen LogP contribution in [-0.4, -0.2) is 20.2 Å². The van der Waals surface area contributed by atoms with E-state index in [-0.39, 0.29) is 5.75 Å². The van der Waals surface area contributed by atoms with E-state index in [1.807, 2.05) is 0 Å². The summed E-state index contributed by atoms with van der Waals surface area (Å²) in [6, 6.07) is 1.57. The molecule has 3 rings (SSSR count). The summed E-state index contributed by atoms with van der Waals surface area (Å²) in [5.41, 5.74) is 0.657. The molecule has 0 spiro atoms. The normalized spacial score (nSPS) is 16.9. The third kappa shape index (κ3) is 2.20. The third-order valence-electron chi connectivity index (χ3n) is 3.38. The van der Waals surface area contributed by atoms with E-state index < -0.39 is 0 Å². The van der Waals surface area contributed by atoms with Gasteiger partial charge in [-0.05, 0) is 18.9 Å². The lowest BCUT2D eigenvalue weighted by Crippen LogP contribution is -2.06. The Hall–Kier alpha value is -1.91. The van der Waals surface area contributed by atoms with E-state index in [2.05, 4.69) is 15.1 Å². The summed E-state index contributed by atoms with van der Waals surface area (Å²) in [6.07, 6.45) is 9.04. The van der Waals surface area contributed by atoms with E-state index in [1.165, 1.54) is 25.5 Å². The van der Waals surface area contributed by atoms with Gasteiger partial charge >= 0.3 is 0 Å². The van der Waals surface area contributed by atoms with Crippen LogP contribution in [0.5, 0.6) is 5.75 Å². The number of aromatic nitrogens is 3. The second-order valence-electron chi connectivity index (χ2n) is 4.72. The van der Waals surface area contributed by atoms with E-state index in [9.17, 15) is 5.11 Å². The van der Waals surface area contributed by atoms with Crippen molar-refractivity contribution < 1.29 is 9.63 Å². The van der Waals surface area contributed by atoms with Crippen molar-refractivity contribution in [3.63, 3.8) is 0 Å². The van der Waals surface area contributed by atoms with Crippen molar-refractivity contribution in [2.24, 2.45) is 0 Å². The Balaban J connectivity index is 1.84. The van der Waals surface area contributed by atoms with Gasteiger partial charge in [0.05, 0.1) is 11.8 Å². The maximum atomic E-state index is 9.38. The van der Waals surface area contributed by atoms with Gasteiger partial charge in [0.2, 0.25) is 0 Å². The van der Waals surface area contributed by atoms with Crippen LogP contribution in [-0.2, 0) is 0 Å². The van der Waals surface area contributed by atoms with Crippen LogP contribution in [0.1, 0.15) is 43.8 Å². The summed E-state index contributed by atoms with van der Waals surface area (Å²) in [5, 5.41) is 13.4.